The van der Waals surface area contributed by atoms with Crippen molar-refractivity contribution in [3.05, 3.63) is 24.3 Å². The van der Waals surface area contributed by atoms with Gasteiger partial charge in [0, 0.05) is 11.1 Å². The van der Waals surface area contributed by atoms with E-state index in [4.69, 9.17) is 9.47 Å². The van der Waals surface area contributed by atoms with E-state index in [2.05, 4.69) is 27.0 Å². The number of ether oxygens (including phenoxy) is 2. The minimum absolute atomic E-state index is 0.276. The van der Waals surface area contributed by atoms with Crippen LogP contribution in [0, 0.1) is 5.92 Å². The average Bonchev–Trinajstić information content (AvgIpc) is 2.45. The summed E-state index contributed by atoms with van der Waals surface area (Å²) in [6.07, 6.45) is 2.97. The zero-order valence-corrected chi connectivity index (χ0v) is 14.2. The van der Waals surface area contributed by atoms with E-state index >= 15 is 0 Å². The van der Waals surface area contributed by atoms with Gasteiger partial charge in [-0.1, -0.05) is 46.8 Å². The lowest BCUT2D eigenvalue weighted by Crippen LogP contribution is -2.13. The Morgan fingerprint density at radius 3 is 1.67 bits per heavy atom. The van der Waals surface area contributed by atoms with E-state index in [1.807, 2.05) is 6.92 Å². The second-order valence-corrected chi connectivity index (χ2v) is 4.98. The fourth-order valence-corrected chi connectivity index (χ4v) is 1.16. The van der Waals surface area contributed by atoms with Crippen molar-refractivity contribution in [2.45, 2.75) is 53.9 Å². The van der Waals surface area contributed by atoms with Gasteiger partial charge in [-0.05, 0) is 26.2 Å². The molecule has 122 valence electrons. The molecule has 0 saturated carbocycles. The summed E-state index contributed by atoms with van der Waals surface area (Å²) < 4.78 is 9.72. The lowest BCUT2D eigenvalue weighted by atomic mass is 10.1. The number of hydrogen-bond acceptors (Lipinski definition) is 4. The molecule has 0 fully saturated rings. The van der Waals surface area contributed by atoms with E-state index in [-0.39, 0.29) is 11.9 Å². The van der Waals surface area contributed by atoms with Gasteiger partial charge in [-0.25, -0.2) is 9.59 Å². The highest BCUT2D eigenvalue weighted by atomic mass is 16.5. The summed E-state index contributed by atoms with van der Waals surface area (Å²) in [6, 6.07) is 0. The van der Waals surface area contributed by atoms with Gasteiger partial charge >= 0.3 is 11.9 Å². The summed E-state index contributed by atoms with van der Waals surface area (Å²) >= 11 is 0. The van der Waals surface area contributed by atoms with Crippen LogP contribution in [0.2, 0.25) is 0 Å². The van der Waals surface area contributed by atoms with E-state index in [1.54, 1.807) is 13.8 Å². The van der Waals surface area contributed by atoms with Crippen molar-refractivity contribution in [2.24, 2.45) is 5.92 Å². The molecule has 0 aliphatic heterocycles. The summed E-state index contributed by atoms with van der Waals surface area (Å²) in [5, 5.41) is 0. The van der Waals surface area contributed by atoms with E-state index < -0.39 is 0 Å². The van der Waals surface area contributed by atoms with E-state index in [0.29, 0.717) is 30.3 Å². The van der Waals surface area contributed by atoms with Gasteiger partial charge in [-0.3, -0.25) is 0 Å². The van der Waals surface area contributed by atoms with Gasteiger partial charge in [0.05, 0.1) is 13.2 Å². The SMILES string of the molecule is C=C(C)C(=O)OCC(CC)CC.C=C(C)C(=O)OCCC. The molecule has 0 aromatic carbocycles. The van der Waals surface area contributed by atoms with Crippen LogP contribution in [-0.4, -0.2) is 25.2 Å². The monoisotopic (exact) mass is 298 g/mol. The minimum Gasteiger partial charge on any atom is -0.462 e. The van der Waals surface area contributed by atoms with Crippen molar-refractivity contribution in [1.29, 1.82) is 0 Å². The Kier molecular flexibility index (Phi) is 13.9. The van der Waals surface area contributed by atoms with E-state index in [0.717, 1.165) is 19.3 Å². The number of carbonyl (C=O) groups excluding carboxylic acids is 2. The van der Waals surface area contributed by atoms with Crippen LogP contribution in [0.15, 0.2) is 24.3 Å². The molecule has 0 aromatic heterocycles. The maximum Gasteiger partial charge on any atom is 0.333 e. The van der Waals surface area contributed by atoms with Gasteiger partial charge in [0.25, 0.3) is 0 Å². The second kappa shape index (κ2) is 13.4. The molecule has 0 heterocycles. The summed E-state index contributed by atoms with van der Waals surface area (Å²) in [4.78, 5) is 21.5. The first kappa shape index (κ1) is 21.7. The fourth-order valence-electron chi connectivity index (χ4n) is 1.16. The molecule has 0 amide bonds. The van der Waals surface area contributed by atoms with Gasteiger partial charge in [-0.15, -0.1) is 0 Å². The first-order chi connectivity index (χ1) is 9.79. The van der Waals surface area contributed by atoms with Crippen LogP contribution in [0.4, 0.5) is 0 Å². The van der Waals surface area contributed by atoms with Crippen molar-refractivity contribution < 1.29 is 19.1 Å². The van der Waals surface area contributed by atoms with Gasteiger partial charge < -0.3 is 9.47 Å². The lowest BCUT2D eigenvalue weighted by molar-refractivity contribution is -0.140. The van der Waals surface area contributed by atoms with Crippen LogP contribution in [0.25, 0.3) is 0 Å². The summed E-state index contributed by atoms with van der Waals surface area (Å²) in [7, 11) is 0. The molecule has 0 bridgehead atoms. The van der Waals surface area contributed by atoms with Crippen LogP contribution in [0.1, 0.15) is 53.9 Å². The Balaban J connectivity index is 0. The third kappa shape index (κ3) is 13.2. The predicted molar refractivity (Wildman–Crippen MR) is 85.9 cm³/mol. The summed E-state index contributed by atoms with van der Waals surface area (Å²) in [6.45, 7) is 17.4. The van der Waals surface area contributed by atoms with Gasteiger partial charge in [0.2, 0.25) is 0 Å². The highest BCUT2D eigenvalue weighted by molar-refractivity contribution is 5.87. The topological polar surface area (TPSA) is 52.6 Å². The molecule has 21 heavy (non-hydrogen) atoms. The number of rotatable bonds is 8. The van der Waals surface area contributed by atoms with Crippen LogP contribution in [0.5, 0.6) is 0 Å². The fraction of sp³-hybridized carbons (Fsp3) is 0.647. The van der Waals surface area contributed by atoms with Crippen LogP contribution < -0.4 is 0 Å². The number of carbonyl (C=O) groups is 2. The Morgan fingerprint density at radius 1 is 0.905 bits per heavy atom. The summed E-state index contributed by atoms with van der Waals surface area (Å²) in [5.74, 6) is -0.0768. The molecular formula is C17H30O4. The zero-order valence-electron chi connectivity index (χ0n) is 14.2. The van der Waals surface area contributed by atoms with Crippen LogP contribution in [0.3, 0.4) is 0 Å². The van der Waals surface area contributed by atoms with Crippen LogP contribution >= 0.6 is 0 Å². The maximum absolute atomic E-state index is 11.0. The van der Waals surface area contributed by atoms with Gasteiger partial charge in [0.1, 0.15) is 0 Å². The standard InChI is InChI=1S/C10H18O2.C7H12O2/c1-5-9(6-2)7-12-10(11)8(3)4;1-4-5-9-7(8)6(2)3/h9H,3,5-7H2,1-2,4H3;2,4-5H2,1,3H3. The molecule has 4 heteroatoms. The molecular weight excluding hydrogens is 268 g/mol. The molecule has 0 rings (SSSR count). The molecule has 0 saturated heterocycles. The minimum atomic E-state index is -0.295. The largest absolute Gasteiger partial charge is 0.462 e. The Bertz CT molecular complexity index is 341. The smallest absolute Gasteiger partial charge is 0.333 e. The molecule has 0 radical (unpaired) electrons. The Labute approximate surface area is 129 Å². The first-order valence-corrected chi connectivity index (χ1v) is 7.45. The third-order valence-corrected chi connectivity index (χ3v) is 2.74. The highest BCUT2D eigenvalue weighted by Gasteiger charge is 2.08. The van der Waals surface area contributed by atoms with Crippen molar-refractivity contribution in [2.75, 3.05) is 13.2 Å². The third-order valence-electron chi connectivity index (χ3n) is 2.74. The molecule has 0 N–H and O–H groups in total. The van der Waals surface area contributed by atoms with Crippen molar-refractivity contribution in [3.8, 4) is 0 Å². The second-order valence-electron chi connectivity index (χ2n) is 4.98. The lowest BCUT2D eigenvalue weighted by Gasteiger charge is -2.12. The van der Waals surface area contributed by atoms with Crippen molar-refractivity contribution >= 4 is 11.9 Å². The zero-order chi connectivity index (χ0) is 16.8. The number of hydrogen-bond donors (Lipinski definition) is 0. The predicted octanol–water partition coefficient (Wildman–Crippen LogP) is 4.06. The quantitative estimate of drug-likeness (QED) is 0.501. The van der Waals surface area contributed by atoms with E-state index in [9.17, 15) is 9.59 Å². The maximum atomic E-state index is 11.0. The van der Waals surface area contributed by atoms with E-state index in [1.165, 1.54) is 0 Å². The number of esters is 2. The average molecular weight is 298 g/mol. The van der Waals surface area contributed by atoms with Gasteiger partial charge in [0.15, 0.2) is 0 Å². The van der Waals surface area contributed by atoms with Crippen molar-refractivity contribution in [3.63, 3.8) is 0 Å². The molecule has 0 aliphatic rings. The van der Waals surface area contributed by atoms with Gasteiger partial charge in [-0.2, -0.15) is 0 Å². The Hall–Kier alpha value is -1.58. The molecule has 4 nitrogen and oxygen atoms in total. The molecule has 0 spiro atoms. The molecule has 0 atom stereocenters. The molecule has 0 aromatic rings. The van der Waals surface area contributed by atoms with Crippen molar-refractivity contribution in [1.82, 2.24) is 0 Å². The normalized spacial score (nSPS) is 9.43. The first-order valence-electron chi connectivity index (χ1n) is 7.45. The molecule has 0 unspecified atom stereocenters. The summed E-state index contributed by atoms with van der Waals surface area (Å²) in [5.41, 5.74) is 0.935. The van der Waals surface area contributed by atoms with Crippen LogP contribution in [-0.2, 0) is 19.1 Å². The molecule has 0 aliphatic carbocycles. The Morgan fingerprint density at radius 2 is 1.33 bits per heavy atom. The highest BCUT2D eigenvalue weighted by Crippen LogP contribution is 2.08.